The zero-order valence-electron chi connectivity index (χ0n) is 15.4. The van der Waals surface area contributed by atoms with Gasteiger partial charge in [-0.1, -0.05) is 26.2 Å². The summed E-state index contributed by atoms with van der Waals surface area (Å²) in [5.41, 5.74) is 2.63. The van der Waals surface area contributed by atoms with Crippen molar-refractivity contribution in [1.29, 1.82) is 0 Å². The molecule has 129 valence electrons. The van der Waals surface area contributed by atoms with Gasteiger partial charge in [-0.2, -0.15) is 0 Å². The molecule has 0 aromatic carbocycles. The first-order valence-electron chi connectivity index (χ1n) is 8.07. The molecule has 0 unspecified atom stereocenters. The Bertz CT molecular complexity index is 339. The van der Waals surface area contributed by atoms with Gasteiger partial charge in [0.15, 0.2) is 0 Å². The minimum absolute atomic E-state index is 0. The van der Waals surface area contributed by atoms with E-state index in [-0.39, 0.29) is 17.1 Å². The molecule has 1 fully saturated rings. The molecule has 1 heterocycles. The van der Waals surface area contributed by atoms with Crippen LogP contribution in [0.2, 0.25) is 26.2 Å². The molecule has 0 aromatic rings. The molecule has 1 aliphatic rings. The largest absolute Gasteiger partial charge is 0.355 e. The van der Waals surface area contributed by atoms with Gasteiger partial charge in [0.05, 0.1) is 14.8 Å². The van der Waals surface area contributed by atoms with E-state index in [9.17, 15) is 0 Å². The van der Waals surface area contributed by atoms with Crippen LogP contribution in [0.5, 0.6) is 0 Å². The third-order valence-corrected chi connectivity index (χ3v) is 12.5. The summed E-state index contributed by atoms with van der Waals surface area (Å²) in [6.45, 7) is 21.4. The number of hydrogen-bond acceptors (Lipinski definition) is 3. The van der Waals surface area contributed by atoms with Crippen LogP contribution in [0.3, 0.4) is 0 Å². The summed E-state index contributed by atoms with van der Waals surface area (Å²) >= 11 is 0. The zero-order valence-corrected chi connectivity index (χ0v) is 18.5. The molecule has 1 rings (SSSR count). The molecule has 0 bridgehead atoms. The second kappa shape index (κ2) is 8.20. The van der Waals surface area contributed by atoms with Crippen molar-refractivity contribution in [3.8, 4) is 0 Å². The molecule has 0 amide bonds. The molecule has 0 aromatic heterocycles. The molecule has 0 saturated carbocycles. The first kappa shape index (κ1) is 21.3. The zero-order chi connectivity index (χ0) is 15.7. The number of hydrogen-bond donors (Lipinski definition) is 0. The summed E-state index contributed by atoms with van der Waals surface area (Å²) < 4.78 is 2.72. The van der Waals surface area contributed by atoms with Gasteiger partial charge >= 0.3 is 0 Å². The van der Waals surface area contributed by atoms with Crippen molar-refractivity contribution in [3.05, 3.63) is 11.5 Å². The Hall–Kier alpha value is 0.253. The van der Waals surface area contributed by atoms with E-state index in [0.717, 1.165) is 0 Å². The molecular formula is C15H35CuN3Si2. The predicted molar refractivity (Wildman–Crippen MR) is 95.9 cm³/mol. The Morgan fingerprint density at radius 2 is 1.43 bits per heavy atom. The maximum absolute atomic E-state index is 2.72. The number of nitrogens with zero attached hydrogens (tertiary/aromatic N) is 3. The fourth-order valence-corrected chi connectivity index (χ4v) is 9.62. The van der Waals surface area contributed by atoms with Crippen LogP contribution in [0.15, 0.2) is 11.5 Å². The summed E-state index contributed by atoms with van der Waals surface area (Å²) in [7, 11) is 0.155. The van der Waals surface area contributed by atoms with E-state index in [4.69, 9.17) is 0 Å². The van der Waals surface area contributed by atoms with Gasteiger partial charge in [-0.15, -0.1) is 0 Å². The second-order valence-corrected chi connectivity index (χ2v) is 15.2. The minimum atomic E-state index is -1.46. The molecule has 6 heteroatoms. The fraction of sp³-hybridized carbons (Fsp3) is 0.867. The Kier molecular flexibility index (Phi) is 8.30. The first-order chi connectivity index (χ1) is 9.08. The fourth-order valence-electron chi connectivity index (χ4n) is 2.90. The maximum atomic E-state index is 2.72. The van der Waals surface area contributed by atoms with Gasteiger partial charge in [-0.05, 0) is 40.4 Å². The quantitative estimate of drug-likeness (QED) is 0.683. The van der Waals surface area contributed by atoms with E-state index in [1.165, 1.54) is 18.9 Å². The molecule has 3 nitrogen and oxygen atoms in total. The van der Waals surface area contributed by atoms with Crippen LogP contribution in [0.25, 0.3) is 0 Å². The standard InChI is InChI=1S/C15H35N3Si2.Cu/c1-13(2)17-10-11-18(14(3)4)15(17)12-20(8,9)16(5)19(6)7;/h12-14,19H,10-11H2,1-9H3;. The summed E-state index contributed by atoms with van der Waals surface area (Å²) in [4.78, 5) is 5.18. The Morgan fingerprint density at radius 3 is 1.71 bits per heavy atom. The SMILES string of the molecule is CC(C)N1CCN(C(C)C)C1=C[Si](C)(C)N(C)[SiH](C)C.[Cu]. The summed E-state index contributed by atoms with van der Waals surface area (Å²) in [5.74, 6) is 1.49. The van der Waals surface area contributed by atoms with Gasteiger partial charge in [0, 0.05) is 42.2 Å². The van der Waals surface area contributed by atoms with Gasteiger partial charge in [-0.3, -0.25) is 0 Å². The Labute approximate surface area is 146 Å². The molecule has 1 saturated heterocycles. The second-order valence-electron chi connectivity index (χ2n) is 7.44. The molecule has 0 atom stereocenters. The van der Waals surface area contributed by atoms with E-state index in [1.54, 1.807) is 0 Å². The number of rotatable bonds is 5. The van der Waals surface area contributed by atoms with E-state index < -0.39 is 17.2 Å². The van der Waals surface area contributed by atoms with E-state index in [1.807, 2.05) is 0 Å². The van der Waals surface area contributed by atoms with E-state index in [2.05, 4.69) is 80.7 Å². The summed E-state index contributed by atoms with van der Waals surface area (Å²) in [5, 5.41) is 0. The Morgan fingerprint density at radius 1 is 1.05 bits per heavy atom. The summed E-state index contributed by atoms with van der Waals surface area (Å²) in [6, 6.07) is 1.19. The predicted octanol–water partition coefficient (Wildman–Crippen LogP) is 2.92. The van der Waals surface area contributed by atoms with Crippen LogP contribution in [0.1, 0.15) is 27.7 Å². The van der Waals surface area contributed by atoms with Crippen LogP contribution in [0.4, 0.5) is 0 Å². The van der Waals surface area contributed by atoms with Crippen LogP contribution >= 0.6 is 0 Å². The topological polar surface area (TPSA) is 9.72 Å². The molecule has 0 spiro atoms. The third kappa shape index (κ3) is 5.13. The minimum Gasteiger partial charge on any atom is -0.355 e. The normalized spacial score (nSPS) is 16.5. The smallest absolute Gasteiger partial charge is 0.143 e. The van der Waals surface area contributed by atoms with Crippen LogP contribution in [-0.2, 0) is 17.1 Å². The Balaban J connectivity index is 0.00000400. The monoisotopic (exact) mass is 376 g/mol. The van der Waals surface area contributed by atoms with Crippen LogP contribution in [-0.4, -0.2) is 63.4 Å². The molecule has 1 aliphatic heterocycles. The van der Waals surface area contributed by atoms with Gasteiger partial charge in [0.2, 0.25) is 0 Å². The van der Waals surface area contributed by atoms with Crippen molar-refractivity contribution in [2.75, 3.05) is 20.1 Å². The van der Waals surface area contributed by atoms with Gasteiger partial charge in [-0.25, -0.2) is 0 Å². The van der Waals surface area contributed by atoms with Crippen molar-refractivity contribution in [2.45, 2.75) is 66.0 Å². The van der Waals surface area contributed by atoms with Crippen LogP contribution < -0.4 is 0 Å². The molecular weight excluding hydrogens is 342 g/mol. The first-order valence-corrected chi connectivity index (χ1v) is 13.9. The van der Waals surface area contributed by atoms with Gasteiger partial charge in [0.1, 0.15) is 8.24 Å². The van der Waals surface area contributed by atoms with Crippen LogP contribution in [0, 0.1) is 0 Å². The molecule has 0 aliphatic carbocycles. The molecule has 1 radical (unpaired) electrons. The van der Waals surface area contributed by atoms with Crippen molar-refractivity contribution < 1.29 is 17.1 Å². The average Bonchev–Trinajstić information content (AvgIpc) is 2.70. The third-order valence-electron chi connectivity index (χ3n) is 4.58. The van der Waals surface area contributed by atoms with E-state index >= 15 is 0 Å². The van der Waals surface area contributed by atoms with Gasteiger partial charge < -0.3 is 14.0 Å². The molecule has 0 N–H and O–H groups in total. The van der Waals surface area contributed by atoms with Crippen molar-refractivity contribution >= 4 is 17.2 Å². The van der Waals surface area contributed by atoms with Crippen molar-refractivity contribution in [3.63, 3.8) is 0 Å². The van der Waals surface area contributed by atoms with E-state index in [0.29, 0.717) is 12.1 Å². The summed E-state index contributed by atoms with van der Waals surface area (Å²) in [6.07, 6.45) is 0. The van der Waals surface area contributed by atoms with Gasteiger partial charge in [0.25, 0.3) is 0 Å². The van der Waals surface area contributed by atoms with Crippen molar-refractivity contribution in [1.82, 2.24) is 14.0 Å². The molecule has 21 heavy (non-hydrogen) atoms. The maximum Gasteiger partial charge on any atom is 0.143 e. The van der Waals surface area contributed by atoms with Crippen molar-refractivity contribution in [2.24, 2.45) is 0 Å². The average molecular weight is 377 g/mol.